The van der Waals surface area contributed by atoms with Crippen molar-refractivity contribution in [3.05, 3.63) is 11.0 Å². The van der Waals surface area contributed by atoms with Gasteiger partial charge < -0.3 is 9.66 Å². The second kappa shape index (κ2) is 5.43. The van der Waals surface area contributed by atoms with E-state index in [4.69, 9.17) is 5.11 Å². The maximum Gasteiger partial charge on any atom is 1.00 e. The molecule has 0 radical (unpaired) electrons. The normalized spacial score (nSPS) is 41.2. The summed E-state index contributed by atoms with van der Waals surface area (Å²) in [6, 6.07) is 0. The Balaban J connectivity index is 0.00000133. The molecule has 4 rings (SSSR count). The van der Waals surface area contributed by atoms with Crippen molar-refractivity contribution in [2.24, 2.45) is 23.2 Å². The van der Waals surface area contributed by atoms with Gasteiger partial charge in [-0.25, -0.2) is 8.42 Å². The molecule has 0 spiro atoms. The molecule has 0 heterocycles. The van der Waals surface area contributed by atoms with Crippen molar-refractivity contribution in [2.75, 3.05) is 6.61 Å². The number of allylic oxidation sites excluding steroid dienone is 1. The number of aliphatic hydroxyl groups is 1. The van der Waals surface area contributed by atoms with Gasteiger partial charge in [0.25, 0.3) is 0 Å². The van der Waals surface area contributed by atoms with E-state index in [1.165, 1.54) is 19.3 Å². The van der Waals surface area contributed by atoms with Gasteiger partial charge in [0.1, 0.15) is 10.1 Å². The first-order chi connectivity index (χ1) is 8.40. The molecule has 0 atom stereocenters. The van der Waals surface area contributed by atoms with Crippen LogP contribution in [0.4, 0.5) is 0 Å². The Bertz CT molecular complexity index is 448. The molecule has 4 fully saturated rings. The van der Waals surface area contributed by atoms with Crippen LogP contribution < -0.4 is 29.6 Å². The summed E-state index contributed by atoms with van der Waals surface area (Å²) in [7, 11) is -4.50. The van der Waals surface area contributed by atoms with Gasteiger partial charge >= 0.3 is 29.6 Å². The zero-order valence-corrected chi connectivity index (χ0v) is 14.2. The molecule has 0 amide bonds. The summed E-state index contributed by atoms with van der Waals surface area (Å²) in [6.45, 7) is -0.659. The smallest absolute Gasteiger partial charge is 0.744 e. The maximum atomic E-state index is 11.1. The summed E-state index contributed by atoms with van der Waals surface area (Å²) < 4.78 is 33.3. The quantitative estimate of drug-likeness (QED) is 0.514. The summed E-state index contributed by atoms with van der Waals surface area (Å²) >= 11 is 0. The van der Waals surface area contributed by atoms with Crippen LogP contribution >= 0.6 is 0 Å². The molecular formula is C13H19NaO4S. The fourth-order valence-electron chi connectivity index (χ4n) is 4.89. The summed E-state index contributed by atoms with van der Waals surface area (Å²) in [5.41, 5.74) is -0.121. The molecule has 4 nitrogen and oxygen atoms in total. The van der Waals surface area contributed by atoms with Gasteiger partial charge in [-0.1, -0.05) is 6.08 Å². The molecule has 19 heavy (non-hydrogen) atoms. The molecule has 4 bridgehead atoms. The van der Waals surface area contributed by atoms with Crippen LogP contribution in [0.1, 0.15) is 38.5 Å². The van der Waals surface area contributed by atoms with Crippen LogP contribution in [0.15, 0.2) is 11.0 Å². The first-order valence-electron chi connectivity index (χ1n) is 6.69. The summed E-state index contributed by atoms with van der Waals surface area (Å²) in [5.74, 6) is 2.09. The van der Waals surface area contributed by atoms with Crippen LogP contribution in [-0.4, -0.2) is 24.7 Å². The van der Waals surface area contributed by atoms with Gasteiger partial charge in [-0.2, -0.15) is 0 Å². The Morgan fingerprint density at radius 1 is 1.16 bits per heavy atom. The molecule has 4 saturated carbocycles. The molecule has 0 aromatic rings. The molecule has 0 saturated heterocycles. The Morgan fingerprint density at radius 2 is 1.58 bits per heavy atom. The van der Waals surface area contributed by atoms with Crippen molar-refractivity contribution >= 4 is 10.1 Å². The van der Waals surface area contributed by atoms with E-state index in [1.807, 2.05) is 0 Å². The zero-order chi connectivity index (χ0) is 13.0. The predicted octanol–water partition coefficient (Wildman–Crippen LogP) is -1.37. The van der Waals surface area contributed by atoms with Crippen LogP contribution in [0.5, 0.6) is 0 Å². The predicted molar refractivity (Wildman–Crippen MR) is 65.5 cm³/mol. The van der Waals surface area contributed by atoms with Gasteiger partial charge in [-0.3, -0.25) is 0 Å². The van der Waals surface area contributed by atoms with Crippen molar-refractivity contribution in [3.8, 4) is 0 Å². The average molecular weight is 294 g/mol. The summed E-state index contributed by atoms with van der Waals surface area (Å²) in [4.78, 5) is -0.315. The second-order valence-corrected chi connectivity index (χ2v) is 7.94. The number of hydrogen-bond acceptors (Lipinski definition) is 4. The fraction of sp³-hybridized carbons (Fsp3) is 0.846. The minimum atomic E-state index is -4.50. The summed E-state index contributed by atoms with van der Waals surface area (Å²) in [6.07, 6.45) is 8.41. The third-order valence-electron chi connectivity index (χ3n) is 5.03. The topological polar surface area (TPSA) is 77.4 Å². The number of aliphatic hydroxyl groups excluding tert-OH is 1. The molecule has 1 N–H and O–H groups in total. The minimum absolute atomic E-state index is 0. The second-order valence-electron chi connectivity index (χ2n) is 6.50. The molecule has 6 heteroatoms. The van der Waals surface area contributed by atoms with Gasteiger partial charge in [-0.05, 0) is 61.7 Å². The van der Waals surface area contributed by atoms with Gasteiger partial charge in [0.05, 0.1) is 11.5 Å². The standard InChI is InChI=1S/C13H20O4S.Na/c14-8-12(18(15,16)17)7-13-4-9-1-10(5-13)3-11(2-9)6-13;/h7,9-11,14H,1-6,8H2,(H,15,16,17);/q;+1/p-1/b12-7+;. The first-order valence-corrected chi connectivity index (χ1v) is 8.09. The largest absolute Gasteiger partial charge is 1.00 e. The Hall–Kier alpha value is 0.610. The molecule has 4 aliphatic carbocycles. The van der Waals surface area contributed by atoms with Crippen LogP contribution in [0.25, 0.3) is 0 Å². The van der Waals surface area contributed by atoms with E-state index in [2.05, 4.69) is 0 Å². The summed E-state index contributed by atoms with van der Waals surface area (Å²) in [5, 5.41) is 9.12. The molecule has 0 aliphatic heterocycles. The van der Waals surface area contributed by atoms with Crippen LogP contribution in [0.2, 0.25) is 0 Å². The van der Waals surface area contributed by atoms with E-state index in [-0.39, 0.29) is 39.9 Å². The average Bonchev–Trinajstić information content (AvgIpc) is 2.22. The molecule has 4 aliphatic rings. The fourth-order valence-corrected chi connectivity index (χ4v) is 5.45. The van der Waals surface area contributed by atoms with E-state index < -0.39 is 16.7 Å². The van der Waals surface area contributed by atoms with Gasteiger partial charge in [0.15, 0.2) is 0 Å². The van der Waals surface area contributed by atoms with Crippen molar-refractivity contribution in [1.29, 1.82) is 0 Å². The van der Waals surface area contributed by atoms with E-state index in [0.29, 0.717) is 17.8 Å². The zero-order valence-electron chi connectivity index (χ0n) is 11.3. The van der Waals surface area contributed by atoms with Crippen LogP contribution in [0, 0.1) is 23.2 Å². The van der Waals surface area contributed by atoms with Crippen molar-refractivity contribution in [2.45, 2.75) is 38.5 Å². The first kappa shape index (κ1) is 16.0. The molecule has 0 aromatic heterocycles. The van der Waals surface area contributed by atoms with Gasteiger partial charge in [0.2, 0.25) is 0 Å². The molecular weight excluding hydrogens is 275 g/mol. The van der Waals surface area contributed by atoms with E-state index in [9.17, 15) is 13.0 Å². The van der Waals surface area contributed by atoms with E-state index in [0.717, 1.165) is 19.3 Å². The monoisotopic (exact) mass is 294 g/mol. The number of rotatable bonds is 3. The maximum absolute atomic E-state index is 11.1. The van der Waals surface area contributed by atoms with E-state index in [1.54, 1.807) is 6.08 Å². The Kier molecular flexibility index (Phi) is 4.57. The Labute approximate surface area is 136 Å². The molecule has 102 valence electrons. The molecule has 0 unspecified atom stereocenters. The van der Waals surface area contributed by atoms with Gasteiger partial charge in [0, 0.05) is 0 Å². The van der Waals surface area contributed by atoms with Crippen molar-refractivity contribution < 1.29 is 47.6 Å². The van der Waals surface area contributed by atoms with E-state index >= 15 is 0 Å². The van der Waals surface area contributed by atoms with Crippen LogP contribution in [0.3, 0.4) is 0 Å². The molecule has 0 aromatic carbocycles. The third kappa shape index (κ3) is 3.11. The van der Waals surface area contributed by atoms with Crippen molar-refractivity contribution in [1.82, 2.24) is 0 Å². The van der Waals surface area contributed by atoms with Crippen molar-refractivity contribution in [3.63, 3.8) is 0 Å². The Morgan fingerprint density at radius 3 is 1.89 bits per heavy atom. The SMILES string of the molecule is O=S(=O)([O-])/C(=C/C12CC3CC(CC(C3)C1)C2)CO.[Na+]. The third-order valence-corrected chi connectivity index (χ3v) is 5.92. The number of hydrogen-bond donors (Lipinski definition) is 1. The van der Waals surface area contributed by atoms with Crippen LogP contribution in [-0.2, 0) is 10.1 Å². The minimum Gasteiger partial charge on any atom is -0.744 e. The van der Waals surface area contributed by atoms with Gasteiger partial charge in [-0.15, -0.1) is 0 Å².